The number of hydrogen-bond acceptors (Lipinski definition) is 3. The lowest BCUT2D eigenvalue weighted by Gasteiger charge is -2.25. The number of carbonyl (C=O) groups excluding carboxylic acids is 1. The van der Waals surface area contributed by atoms with Crippen LogP contribution in [-0.2, 0) is 14.8 Å². The average molecular weight is 403 g/mol. The molecule has 6 heteroatoms. The van der Waals surface area contributed by atoms with E-state index in [-0.39, 0.29) is 18.5 Å². The van der Waals surface area contributed by atoms with Gasteiger partial charge in [-0.2, -0.15) is 0 Å². The van der Waals surface area contributed by atoms with Crippen LogP contribution in [0.25, 0.3) is 0 Å². The van der Waals surface area contributed by atoms with Gasteiger partial charge in [0.25, 0.3) is 0 Å². The maximum atomic E-state index is 12.7. The number of benzene rings is 2. The van der Waals surface area contributed by atoms with Crippen LogP contribution in [0.1, 0.15) is 46.3 Å². The molecule has 0 spiro atoms. The third-order valence-electron chi connectivity index (χ3n) is 5.03. The number of amides is 1. The van der Waals surface area contributed by atoms with Crippen molar-refractivity contribution in [3.8, 4) is 0 Å². The Balaban J connectivity index is 2.24. The van der Waals surface area contributed by atoms with Crippen molar-refractivity contribution in [2.75, 3.05) is 17.1 Å². The van der Waals surface area contributed by atoms with E-state index in [1.807, 2.05) is 46.8 Å². The van der Waals surface area contributed by atoms with Crippen molar-refractivity contribution < 1.29 is 13.2 Å². The van der Waals surface area contributed by atoms with E-state index in [0.29, 0.717) is 5.69 Å². The van der Waals surface area contributed by atoms with Crippen molar-refractivity contribution in [1.82, 2.24) is 5.32 Å². The molecular formula is C22H30N2O3S. The van der Waals surface area contributed by atoms with E-state index in [9.17, 15) is 13.2 Å². The van der Waals surface area contributed by atoms with Gasteiger partial charge in [-0.05, 0) is 75.4 Å². The SMILES string of the molecule is Cc1ccc(N(CC(=O)NC(C)c2cc(C)c(C)cc2C)S(C)(=O)=O)c(C)c1. The fourth-order valence-corrected chi connectivity index (χ4v) is 4.32. The van der Waals surface area contributed by atoms with Crippen molar-refractivity contribution in [2.24, 2.45) is 0 Å². The van der Waals surface area contributed by atoms with Gasteiger partial charge < -0.3 is 5.32 Å². The monoisotopic (exact) mass is 402 g/mol. The summed E-state index contributed by atoms with van der Waals surface area (Å²) in [5, 5.41) is 2.94. The number of carbonyl (C=O) groups is 1. The Morgan fingerprint density at radius 1 is 0.964 bits per heavy atom. The van der Waals surface area contributed by atoms with Crippen molar-refractivity contribution in [3.05, 3.63) is 63.7 Å². The molecule has 0 saturated carbocycles. The van der Waals surface area contributed by atoms with Crippen molar-refractivity contribution >= 4 is 21.6 Å². The summed E-state index contributed by atoms with van der Waals surface area (Å²) in [7, 11) is -3.60. The first kappa shape index (κ1) is 22.0. The Kier molecular flexibility index (Phi) is 6.55. The molecule has 1 unspecified atom stereocenters. The highest BCUT2D eigenvalue weighted by Crippen LogP contribution is 2.24. The average Bonchev–Trinajstić information content (AvgIpc) is 2.55. The lowest BCUT2D eigenvalue weighted by atomic mass is 9.96. The van der Waals surface area contributed by atoms with E-state index in [2.05, 4.69) is 24.4 Å². The Bertz CT molecular complexity index is 997. The Morgan fingerprint density at radius 3 is 2.14 bits per heavy atom. The van der Waals surface area contributed by atoms with Crippen LogP contribution < -0.4 is 9.62 Å². The Hall–Kier alpha value is -2.34. The predicted octanol–water partition coefficient (Wildman–Crippen LogP) is 3.87. The van der Waals surface area contributed by atoms with Crippen LogP contribution in [0.5, 0.6) is 0 Å². The van der Waals surface area contributed by atoms with Crippen molar-refractivity contribution in [2.45, 2.75) is 47.6 Å². The molecule has 0 radical (unpaired) electrons. The van der Waals surface area contributed by atoms with E-state index in [0.717, 1.165) is 38.4 Å². The summed E-state index contributed by atoms with van der Waals surface area (Å²) < 4.78 is 25.8. The van der Waals surface area contributed by atoms with Crippen LogP contribution in [0.4, 0.5) is 5.69 Å². The first-order valence-electron chi connectivity index (χ1n) is 9.32. The molecule has 0 aromatic heterocycles. The number of nitrogens with one attached hydrogen (secondary N) is 1. The maximum absolute atomic E-state index is 12.7. The summed E-state index contributed by atoms with van der Waals surface area (Å²) in [6, 6.07) is 9.47. The fraction of sp³-hybridized carbons (Fsp3) is 0.409. The molecule has 0 bridgehead atoms. The lowest BCUT2D eigenvalue weighted by Crippen LogP contribution is -2.41. The van der Waals surface area contributed by atoms with Gasteiger partial charge >= 0.3 is 0 Å². The third kappa shape index (κ3) is 5.13. The molecule has 1 amide bonds. The van der Waals surface area contributed by atoms with Gasteiger partial charge in [0.2, 0.25) is 15.9 Å². The fourth-order valence-electron chi connectivity index (χ4n) is 3.41. The first-order valence-corrected chi connectivity index (χ1v) is 11.2. The predicted molar refractivity (Wildman–Crippen MR) is 115 cm³/mol. The summed E-state index contributed by atoms with van der Waals surface area (Å²) in [5.41, 5.74) is 6.89. The smallest absolute Gasteiger partial charge is 0.241 e. The van der Waals surface area contributed by atoms with Crippen molar-refractivity contribution in [3.63, 3.8) is 0 Å². The molecule has 1 atom stereocenters. The summed E-state index contributed by atoms with van der Waals surface area (Å²) in [6.45, 7) is 11.6. The molecule has 0 saturated heterocycles. The largest absolute Gasteiger partial charge is 0.348 e. The van der Waals surface area contributed by atoms with Gasteiger partial charge in [0.15, 0.2) is 0 Å². The molecule has 0 fully saturated rings. The zero-order valence-corrected chi connectivity index (χ0v) is 18.6. The van der Waals surface area contributed by atoms with Gasteiger partial charge in [0.1, 0.15) is 6.54 Å². The molecule has 2 rings (SSSR count). The first-order chi connectivity index (χ1) is 12.9. The standard InChI is InChI=1S/C22H30N2O3S/c1-14-8-9-21(18(5)10-14)24(28(7,26)27)13-22(25)23-19(6)20-12-16(3)15(2)11-17(20)4/h8-12,19H,13H2,1-7H3,(H,23,25). The zero-order chi connectivity index (χ0) is 21.2. The highest BCUT2D eigenvalue weighted by Gasteiger charge is 2.23. The van der Waals surface area contributed by atoms with E-state index in [1.165, 1.54) is 5.56 Å². The highest BCUT2D eigenvalue weighted by molar-refractivity contribution is 7.92. The number of aryl methyl sites for hydroxylation is 5. The molecular weight excluding hydrogens is 372 g/mol. The molecule has 0 aliphatic carbocycles. The van der Waals surface area contributed by atoms with Gasteiger partial charge in [-0.25, -0.2) is 8.42 Å². The molecule has 1 N–H and O–H groups in total. The second kappa shape index (κ2) is 8.35. The van der Waals surface area contributed by atoms with Crippen LogP contribution >= 0.6 is 0 Å². The van der Waals surface area contributed by atoms with Crippen LogP contribution in [0, 0.1) is 34.6 Å². The minimum absolute atomic E-state index is 0.215. The summed E-state index contributed by atoms with van der Waals surface area (Å²) in [4.78, 5) is 12.7. The third-order valence-corrected chi connectivity index (χ3v) is 6.16. The molecule has 0 aliphatic rings. The summed E-state index contributed by atoms with van der Waals surface area (Å²) >= 11 is 0. The van der Waals surface area contributed by atoms with Gasteiger partial charge in [-0.3, -0.25) is 9.10 Å². The Labute approximate surface area is 168 Å². The van der Waals surface area contributed by atoms with Gasteiger partial charge in [0.05, 0.1) is 18.0 Å². The number of nitrogens with zero attached hydrogens (tertiary/aromatic N) is 1. The van der Waals surface area contributed by atoms with Gasteiger partial charge in [-0.1, -0.05) is 29.8 Å². The number of hydrogen-bond donors (Lipinski definition) is 1. The Morgan fingerprint density at radius 2 is 1.57 bits per heavy atom. The molecule has 5 nitrogen and oxygen atoms in total. The molecule has 2 aromatic carbocycles. The molecule has 28 heavy (non-hydrogen) atoms. The van der Waals surface area contributed by atoms with Crippen LogP contribution in [0.3, 0.4) is 0 Å². The lowest BCUT2D eigenvalue weighted by molar-refractivity contribution is -0.120. The molecule has 0 heterocycles. The van der Waals surface area contributed by atoms with E-state index >= 15 is 0 Å². The summed E-state index contributed by atoms with van der Waals surface area (Å²) in [6.07, 6.45) is 1.12. The molecule has 0 aliphatic heterocycles. The van der Waals surface area contributed by atoms with E-state index < -0.39 is 10.0 Å². The minimum Gasteiger partial charge on any atom is -0.348 e. The number of anilines is 1. The van der Waals surface area contributed by atoms with Crippen LogP contribution in [0.15, 0.2) is 30.3 Å². The quantitative estimate of drug-likeness (QED) is 0.798. The van der Waals surface area contributed by atoms with Gasteiger partial charge in [0, 0.05) is 0 Å². The second-order valence-corrected chi connectivity index (χ2v) is 9.55. The van der Waals surface area contributed by atoms with Crippen LogP contribution in [-0.4, -0.2) is 27.1 Å². The highest BCUT2D eigenvalue weighted by atomic mass is 32.2. The maximum Gasteiger partial charge on any atom is 0.241 e. The zero-order valence-electron chi connectivity index (χ0n) is 17.8. The topological polar surface area (TPSA) is 66.5 Å². The molecule has 2 aromatic rings. The van der Waals surface area contributed by atoms with E-state index in [1.54, 1.807) is 6.07 Å². The number of sulfonamides is 1. The normalized spacial score (nSPS) is 12.5. The number of rotatable bonds is 6. The molecule has 152 valence electrons. The van der Waals surface area contributed by atoms with Gasteiger partial charge in [-0.15, -0.1) is 0 Å². The van der Waals surface area contributed by atoms with Crippen molar-refractivity contribution in [1.29, 1.82) is 0 Å². The minimum atomic E-state index is -3.60. The van der Waals surface area contributed by atoms with E-state index in [4.69, 9.17) is 0 Å². The second-order valence-electron chi connectivity index (χ2n) is 7.64. The van der Waals surface area contributed by atoms with Crippen LogP contribution in [0.2, 0.25) is 0 Å². The summed E-state index contributed by atoms with van der Waals surface area (Å²) in [5.74, 6) is -0.337.